The third kappa shape index (κ3) is 3.72. The van der Waals surface area contributed by atoms with E-state index >= 15 is 0 Å². The predicted molar refractivity (Wildman–Crippen MR) is 104 cm³/mol. The van der Waals surface area contributed by atoms with Crippen molar-refractivity contribution in [1.82, 2.24) is 4.90 Å². The van der Waals surface area contributed by atoms with Crippen molar-refractivity contribution in [3.63, 3.8) is 0 Å². The number of guanidine groups is 1. The Morgan fingerprint density at radius 2 is 1.89 bits per heavy atom. The summed E-state index contributed by atoms with van der Waals surface area (Å²) in [6, 6.07) is 5.24. The monoisotopic (exact) mass is 374 g/mol. The van der Waals surface area contributed by atoms with Crippen LogP contribution in [0.15, 0.2) is 35.5 Å². The smallest absolute Gasteiger partial charge is 0.322 e. The molecule has 146 valence electrons. The lowest BCUT2D eigenvalue weighted by Crippen LogP contribution is -2.60. The van der Waals surface area contributed by atoms with Gasteiger partial charge < -0.3 is 5.73 Å². The zero-order chi connectivity index (χ0) is 20.7. The molecule has 0 aromatic heterocycles. The first-order valence-electron chi connectivity index (χ1n) is 8.86. The summed E-state index contributed by atoms with van der Waals surface area (Å²) < 4.78 is 14.4. The summed E-state index contributed by atoms with van der Waals surface area (Å²) >= 11 is 0. The maximum Gasteiger partial charge on any atom is 0.322 e. The number of hydrogen-bond donors (Lipinski definition) is 2. The highest BCUT2D eigenvalue weighted by Crippen LogP contribution is 2.36. The molecule has 0 fully saturated rings. The fourth-order valence-electron chi connectivity index (χ4n) is 3.53. The molecule has 1 atom stereocenters. The second-order valence-corrected chi connectivity index (χ2v) is 7.63. The average Bonchev–Trinajstić information content (AvgIpc) is 2.52. The van der Waals surface area contributed by atoms with Crippen LogP contribution in [-0.2, 0) is 10.5 Å². The number of primary amides is 1. The average molecular weight is 374 g/mol. The van der Waals surface area contributed by atoms with Gasteiger partial charge in [0.15, 0.2) is 5.78 Å². The van der Waals surface area contributed by atoms with E-state index in [-0.39, 0.29) is 17.7 Å². The Bertz CT molecular complexity index is 824. The summed E-state index contributed by atoms with van der Waals surface area (Å²) in [5.41, 5.74) is 5.87. The van der Waals surface area contributed by atoms with E-state index < -0.39 is 17.7 Å². The SMILES string of the molecule is CC(=O)C1=C(C)N(c2cccc(C(C)(C)F)c2)C(=N)N(C(N)=O)C1C(C)C. The maximum atomic E-state index is 14.4. The standard InChI is InChI=1S/C20H27FN4O2/c1-11(2)17-16(13(4)26)12(3)24(18(22)25(17)19(23)27)15-9-7-8-14(10-15)20(5,6)21/h7-11,17,22H,1-6H3,(H2,23,27). The molecule has 1 unspecified atom stereocenters. The third-order valence-electron chi connectivity index (χ3n) is 4.78. The number of urea groups is 1. The number of halogens is 1. The van der Waals surface area contributed by atoms with E-state index in [2.05, 4.69) is 0 Å². The van der Waals surface area contributed by atoms with Crippen LogP contribution < -0.4 is 10.6 Å². The van der Waals surface area contributed by atoms with Crippen LogP contribution >= 0.6 is 0 Å². The van der Waals surface area contributed by atoms with Gasteiger partial charge in [0, 0.05) is 17.0 Å². The van der Waals surface area contributed by atoms with E-state index in [9.17, 15) is 14.0 Å². The Balaban J connectivity index is 2.74. The summed E-state index contributed by atoms with van der Waals surface area (Å²) in [4.78, 5) is 27.1. The van der Waals surface area contributed by atoms with Gasteiger partial charge in [-0.2, -0.15) is 0 Å². The molecular weight excluding hydrogens is 347 g/mol. The Labute approximate surface area is 159 Å². The Kier molecular flexibility index (Phi) is 5.45. The fourth-order valence-corrected chi connectivity index (χ4v) is 3.53. The normalized spacial score (nSPS) is 18.4. The van der Waals surface area contributed by atoms with E-state index in [4.69, 9.17) is 11.1 Å². The lowest BCUT2D eigenvalue weighted by atomic mass is 9.88. The molecule has 1 aromatic rings. The van der Waals surface area contributed by atoms with E-state index in [0.717, 1.165) is 4.90 Å². The van der Waals surface area contributed by atoms with Crippen LogP contribution in [0.2, 0.25) is 0 Å². The molecule has 2 rings (SSSR count). The summed E-state index contributed by atoms with van der Waals surface area (Å²) in [5, 5.41) is 8.59. The van der Waals surface area contributed by atoms with E-state index in [1.807, 2.05) is 13.8 Å². The minimum Gasteiger partial charge on any atom is -0.351 e. The molecule has 1 aliphatic heterocycles. The predicted octanol–water partition coefficient (Wildman–Crippen LogP) is 3.91. The minimum atomic E-state index is -1.57. The lowest BCUT2D eigenvalue weighted by molar-refractivity contribution is -0.114. The van der Waals surface area contributed by atoms with Gasteiger partial charge in [-0.3, -0.25) is 20.0 Å². The second-order valence-electron chi connectivity index (χ2n) is 7.63. The van der Waals surface area contributed by atoms with Crippen molar-refractivity contribution in [1.29, 1.82) is 5.41 Å². The minimum absolute atomic E-state index is 0.120. The Morgan fingerprint density at radius 3 is 2.33 bits per heavy atom. The number of carbonyl (C=O) groups excluding carboxylic acids is 2. The van der Waals surface area contributed by atoms with Crippen LogP contribution in [0.3, 0.4) is 0 Å². The van der Waals surface area contributed by atoms with Crippen LogP contribution in [0.5, 0.6) is 0 Å². The third-order valence-corrected chi connectivity index (χ3v) is 4.78. The van der Waals surface area contributed by atoms with E-state index in [1.54, 1.807) is 31.2 Å². The van der Waals surface area contributed by atoms with Crippen molar-refractivity contribution in [3.05, 3.63) is 41.1 Å². The molecule has 0 saturated carbocycles. The van der Waals surface area contributed by atoms with Gasteiger partial charge in [-0.15, -0.1) is 0 Å². The number of nitrogens with zero attached hydrogens (tertiary/aromatic N) is 2. The Hall–Kier alpha value is -2.70. The van der Waals surface area contributed by atoms with Gasteiger partial charge in [-0.25, -0.2) is 9.18 Å². The molecule has 1 heterocycles. The molecule has 7 heteroatoms. The van der Waals surface area contributed by atoms with Gasteiger partial charge in [0.05, 0.1) is 6.04 Å². The van der Waals surface area contributed by atoms with Crippen molar-refractivity contribution in [2.24, 2.45) is 11.7 Å². The highest BCUT2D eigenvalue weighted by atomic mass is 19.1. The molecule has 0 radical (unpaired) electrons. The van der Waals surface area contributed by atoms with Crippen LogP contribution in [0.4, 0.5) is 14.9 Å². The van der Waals surface area contributed by atoms with Crippen molar-refractivity contribution < 1.29 is 14.0 Å². The van der Waals surface area contributed by atoms with Crippen LogP contribution in [0.25, 0.3) is 0 Å². The van der Waals surface area contributed by atoms with Crippen LogP contribution in [0, 0.1) is 11.3 Å². The van der Waals surface area contributed by atoms with Gasteiger partial charge in [-0.05, 0) is 51.3 Å². The first-order chi connectivity index (χ1) is 12.4. The molecule has 27 heavy (non-hydrogen) atoms. The molecular formula is C20H27FN4O2. The van der Waals surface area contributed by atoms with E-state index in [1.165, 1.54) is 25.7 Å². The van der Waals surface area contributed by atoms with Crippen molar-refractivity contribution in [2.75, 3.05) is 4.90 Å². The first kappa shape index (κ1) is 20.6. The number of rotatable bonds is 4. The van der Waals surface area contributed by atoms with Gasteiger partial charge in [0.25, 0.3) is 0 Å². The summed E-state index contributed by atoms with van der Waals surface area (Å²) in [6.07, 6.45) is 0. The quantitative estimate of drug-likeness (QED) is 0.837. The first-order valence-corrected chi connectivity index (χ1v) is 8.86. The topological polar surface area (TPSA) is 90.5 Å². The fraction of sp³-hybridized carbons (Fsp3) is 0.450. The van der Waals surface area contributed by atoms with Crippen LogP contribution in [0.1, 0.15) is 47.1 Å². The van der Waals surface area contributed by atoms with Gasteiger partial charge in [-0.1, -0.05) is 26.0 Å². The highest BCUT2D eigenvalue weighted by molar-refractivity contribution is 6.11. The maximum absolute atomic E-state index is 14.4. The second kappa shape index (κ2) is 7.13. The molecule has 1 aliphatic rings. The number of allylic oxidation sites excluding steroid dienone is 1. The number of Topliss-reactive ketones (excluding diaryl/α,β-unsaturated/α-hetero) is 1. The van der Waals surface area contributed by atoms with Gasteiger partial charge in [0.1, 0.15) is 5.67 Å². The summed E-state index contributed by atoms with van der Waals surface area (Å²) in [6.45, 7) is 9.79. The number of amides is 2. The summed E-state index contributed by atoms with van der Waals surface area (Å²) in [7, 11) is 0. The number of nitrogens with one attached hydrogen (secondary N) is 1. The van der Waals surface area contributed by atoms with Crippen LogP contribution in [-0.4, -0.2) is 28.7 Å². The molecule has 6 nitrogen and oxygen atoms in total. The van der Waals surface area contributed by atoms with E-state index in [0.29, 0.717) is 22.5 Å². The number of alkyl halides is 1. The van der Waals surface area contributed by atoms with Crippen molar-refractivity contribution in [3.8, 4) is 0 Å². The largest absolute Gasteiger partial charge is 0.351 e. The number of hydrogen-bond acceptors (Lipinski definition) is 3. The summed E-state index contributed by atoms with van der Waals surface area (Å²) in [5.74, 6) is -0.473. The highest BCUT2D eigenvalue weighted by Gasteiger charge is 2.42. The molecule has 0 aliphatic carbocycles. The number of ketones is 1. The number of carbonyl (C=O) groups is 2. The zero-order valence-corrected chi connectivity index (χ0v) is 16.6. The molecule has 2 amide bonds. The molecule has 1 aromatic carbocycles. The Morgan fingerprint density at radius 1 is 1.30 bits per heavy atom. The van der Waals surface area contributed by atoms with Crippen molar-refractivity contribution >= 4 is 23.5 Å². The molecule has 0 saturated heterocycles. The van der Waals surface area contributed by atoms with Gasteiger partial charge >= 0.3 is 6.03 Å². The van der Waals surface area contributed by atoms with Crippen molar-refractivity contribution in [2.45, 2.75) is 53.3 Å². The number of anilines is 1. The molecule has 0 spiro atoms. The molecule has 3 N–H and O–H groups in total. The lowest BCUT2D eigenvalue weighted by Gasteiger charge is -2.44. The number of nitrogens with two attached hydrogens (primary N) is 1. The number of benzene rings is 1. The molecule has 0 bridgehead atoms. The zero-order valence-electron chi connectivity index (χ0n) is 16.6. The van der Waals surface area contributed by atoms with Gasteiger partial charge in [0.2, 0.25) is 5.96 Å².